The second-order valence-electron chi connectivity index (χ2n) is 7.10. The van der Waals surface area contributed by atoms with Gasteiger partial charge in [0.2, 0.25) is 16.2 Å². The molecule has 1 aromatic heterocycles. The number of carbonyl (C=O) groups is 2. The number of thioether (sulfide) groups is 2. The molecular weight excluding hydrogens is 472 g/mol. The van der Waals surface area contributed by atoms with Gasteiger partial charge in [0, 0.05) is 27.7 Å². The topological polar surface area (TPSA) is 84.0 Å². The van der Waals surface area contributed by atoms with E-state index in [1.54, 1.807) is 11.8 Å². The minimum Gasteiger partial charge on any atom is -0.322 e. The molecule has 0 bridgehead atoms. The average molecular weight is 495 g/mol. The molecule has 1 atom stereocenters. The highest BCUT2D eigenvalue weighted by Crippen LogP contribution is 2.27. The highest BCUT2D eigenvalue weighted by molar-refractivity contribution is 8.00. The highest BCUT2D eigenvalue weighted by Gasteiger charge is 2.17. The molecule has 0 saturated heterocycles. The first-order valence-electron chi connectivity index (χ1n) is 10.4. The van der Waals surface area contributed by atoms with E-state index in [-0.39, 0.29) is 17.1 Å². The van der Waals surface area contributed by atoms with Crippen LogP contribution in [-0.2, 0) is 4.79 Å². The molecule has 1 heterocycles. The highest BCUT2D eigenvalue weighted by atomic mass is 32.2. The van der Waals surface area contributed by atoms with Crippen molar-refractivity contribution >= 4 is 68.5 Å². The number of fused-ring (bicyclic) bond motifs is 1. The van der Waals surface area contributed by atoms with Crippen LogP contribution in [0.3, 0.4) is 0 Å². The summed E-state index contributed by atoms with van der Waals surface area (Å²) in [5.41, 5.74) is 1.30. The lowest BCUT2D eigenvalue weighted by Crippen LogP contribution is -2.22. The zero-order chi connectivity index (χ0) is 23.2. The van der Waals surface area contributed by atoms with Crippen molar-refractivity contribution in [3.8, 4) is 0 Å². The van der Waals surface area contributed by atoms with Crippen LogP contribution in [0.1, 0.15) is 24.2 Å². The maximum atomic E-state index is 12.6. The van der Waals surface area contributed by atoms with Gasteiger partial charge in [-0.25, -0.2) is 0 Å². The molecule has 0 aliphatic carbocycles. The lowest BCUT2D eigenvalue weighted by Gasteiger charge is -2.11. The van der Waals surface area contributed by atoms with Crippen molar-refractivity contribution in [1.82, 2.24) is 9.36 Å². The van der Waals surface area contributed by atoms with Crippen molar-refractivity contribution in [3.63, 3.8) is 0 Å². The fourth-order valence-corrected chi connectivity index (χ4v) is 5.20. The van der Waals surface area contributed by atoms with Crippen molar-refractivity contribution in [1.29, 1.82) is 0 Å². The number of nitrogens with one attached hydrogen (secondary N) is 2. The van der Waals surface area contributed by atoms with Gasteiger partial charge in [-0.15, -0.1) is 11.8 Å². The average Bonchev–Trinajstić information content (AvgIpc) is 3.27. The monoisotopic (exact) mass is 494 g/mol. The Kier molecular flexibility index (Phi) is 7.64. The molecule has 4 aromatic rings. The SMILES string of the molecule is CCSc1nsc(NC(=O)C(C)Sc2ccc(NC(=O)c3ccc4ccccc4c3)cc2)n1. The number of hydrogen-bond acceptors (Lipinski definition) is 7. The smallest absolute Gasteiger partial charge is 0.255 e. The summed E-state index contributed by atoms with van der Waals surface area (Å²) in [4.78, 5) is 30.4. The van der Waals surface area contributed by atoms with Crippen LogP contribution in [0.5, 0.6) is 0 Å². The maximum Gasteiger partial charge on any atom is 0.255 e. The Morgan fingerprint density at radius 1 is 1.00 bits per heavy atom. The van der Waals surface area contributed by atoms with Gasteiger partial charge in [0.25, 0.3) is 5.91 Å². The number of anilines is 2. The summed E-state index contributed by atoms with van der Waals surface area (Å²) in [7, 11) is 0. The molecule has 4 rings (SSSR count). The van der Waals surface area contributed by atoms with E-state index in [4.69, 9.17) is 0 Å². The summed E-state index contributed by atoms with van der Waals surface area (Å²) >= 11 is 4.16. The van der Waals surface area contributed by atoms with Gasteiger partial charge in [-0.05, 0) is 59.8 Å². The lowest BCUT2D eigenvalue weighted by molar-refractivity contribution is -0.115. The Labute approximate surface area is 204 Å². The summed E-state index contributed by atoms with van der Waals surface area (Å²) < 4.78 is 4.21. The van der Waals surface area contributed by atoms with E-state index in [1.807, 2.05) is 80.6 Å². The Morgan fingerprint density at radius 3 is 2.52 bits per heavy atom. The number of benzene rings is 3. The molecule has 0 radical (unpaired) electrons. The van der Waals surface area contributed by atoms with Crippen LogP contribution in [-0.4, -0.2) is 32.2 Å². The zero-order valence-electron chi connectivity index (χ0n) is 18.1. The van der Waals surface area contributed by atoms with Crippen LogP contribution in [0.2, 0.25) is 0 Å². The molecule has 0 aliphatic heterocycles. The Morgan fingerprint density at radius 2 is 1.76 bits per heavy atom. The first-order valence-corrected chi connectivity index (χ1v) is 13.0. The third-order valence-corrected chi connectivity index (χ3v) is 7.30. The van der Waals surface area contributed by atoms with Crippen LogP contribution in [0.25, 0.3) is 10.8 Å². The summed E-state index contributed by atoms with van der Waals surface area (Å²) in [6, 6.07) is 21.1. The molecule has 168 valence electrons. The maximum absolute atomic E-state index is 12.6. The van der Waals surface area contributed by atoms with E-state index >= 15 is 0 Å². The summed E-state index contributed by atoms with van der Waals surface area (Å²) in [6.45, 7) is 3.88. The van der Waals surface area contributed by atoms with Crippen molar-refractivity contribution < 1.29 is 9.59 Å². The van der Waals surface area contributed by atoms with Gasteiger partial charge < -0.3 is 5.32 Å². The fraction of sp³-hybridized carbons (Fsp3) is 0.167. The van der Waals surface area contributed by atoms with E-state index in [2.05, 4.69) is 20.0 Å². The van der Waals surface area contributed by atoms with E-state index in [0.717, 1.165) is 21.4 Å². The van der Waals surface area contributed by atoms with Gasteiger partial charge in [-0.2, -0.15) is 9.36 Å². The van der Waals surface area contributed by atoms with Crippen LogP contribution < -0.4 is 10.6 Å². The number of amides is 2. The van der Waals surface area contributed by atoms with Gasteiger partial charge in [-0.1, -0.05) is 49.0 Å². The largest absolute Gasteiger partial charge is 0.322 e. The summed E-state index contributed by atoms with van der Waals surface area (Å²) in [6.07, 6.45) is 0. The van der Waals surface area contributed by atoms with E-state index in [0.29, 0.717) is 21.5 Å². The second kappa shape index (κ2) is 10.8. The predicted octanol–water partition coefficient (Wildman–Crippen LogP) is 6.17. The van der Waals surface area contributed by atoms with Crippen molar-refractivity contribution in [3.05, 3.63) is 72.3 Å². The molecule has 6 nitrogen and oxygen atoms in total. The Hall–Kier alpha value is -2.88. The lowest BCUT2D eigenvalue weighted by atomic mass is 10.1. The van der Waals surface area contributed by atoms with E-state index in [9.17, 15) is 9.59 Å². The first kappa shape index (κ1) is 23.3. The van der Waals surface area contributed by atoms with Crippen LogP contribution in [0.15, 0.2) is 76.8 Å². The Bertz CT molecular complexity index is 1270. The quantitative estimate of drug-likeness (QED) is 0.285. The van der Waals surface area contributed by atoms with Gasteiger partial charge in [0.05, 0.1) is 5.25 Å². The van der Waals surface area contributed by atoms with Crippen LogP contribution in [0.4, 0.5) is 10.8 Å². The number of aromatic nitrogens is 2. The number of nitrogens with zero attached hydrogens (tertiary/aromatic N) is 2. The number of hydrogen-bond donors (Lipinski definition) is 2. The second-order valence-corrected chi connectivity index (χ2v) is 10.5. The Balaban J connectivity index is 1.33. The molecule has 3 aromatic carbocycles. The molecule has 1 unspecified atom stereocenters. The minimum atomic E-state index is -0.311. The fourth-order valence-electron chi connectivity index (χ4n) is 3.06. The molecule has 0 saturated carbocycles. The van der Waals surface area contributed by atoms with Crippen molar-refractivity contribution in [2.24, 2.45) is 0 Å². The molecule has 9 heteroatoms. The molecular formula is C24H22N4O2S3. The summed E-state index contributed by atoms with van der Waals surface area (Å²) in [5.74, 6) is 0.596. The number of rotatable bonds is 8. The van der Waals surface area contributed by atoms with Gasteiger partial charge in [0.15, 0.2) is 0 Å². The van der Waals surface area contributed by atoms with Gasteiger partial charge in [-0.3, -0.25) is 14.9 Å². The molecule has 0 aliphatic rings. The van der Waals surface area contributed by atoms with Crippen LogP contribution >= 0.6 is 35.1 Å². The van der Waals surface area contributed by atoms with Crippen LogP contribution in [0, 0.1) is 0 Å². The standard InChI is InChI=1S/C24H22N4O2S3/c1-3-31-24-27-23(33-28-24)26-21(29)15(2)32-20-12-10-19(11-13-20)25-22(30)18-9-8-16-6-4-5-7-17(16)14-18/h4-15H,3H2,1-2H3,(H,25,30)(H,26,27,28,29). The molecule has 2 N–H and O–H groups in total. The molecule has 0 fully saturated rings. The zero-order valence-corrected chi connectivity index (χ0v) is 20.5. The van der Waals surface area contributed by atoms with Gasteiger partial charge in [0.1, 0.15) is 0 Å². The third-order valence-electron chi connectivity index (χ3n) is 4.72. The third kappa shape index (κ3) is 6.13. The molecule has 33 heavy (non-hydrogen) atoms. The van der Waals surface area contributed by atoms with Crippen molar-refractivity contribution in [2.75, 3.05) is 16.4 Å². The summed E-state index contributed by atoms with van der Waals surface area (Å²) in [5, 5.41) is 8.75. The predicted molar refractivity (Wildman–Crippen MR) is 139 cm³/mol. The van der Waals surface area contributed by atoms with E-state index in [1.165, 1.54) is 23.3 Å². The van der Waals surface area contributed by atoms with E-state index < -0.39 is 0 Å². The molecule has 2 amide bonds. The number of carbonyl (C=O) groups excluding carboxylic acids is 2. The molecule has 0 spiro atoms. The normalized spacial score (nSPS) is 11.8. The van der Waals surface area contributed by atoms with Gasteiger partial charge >= 0.3 is 0 Å². The first-order chi connectivity index (χ1) is 16.0. The minimum absolute atomic E-state index is 0.127. The van der Waals surface area contributed by atoms with Crippen molar-refractivity contribution in [2.45, 2.75) is 29.1 Å².